The number of amides is 1. The zero-order valence-corrected chi connectivity index (χ0v) is 12.3. The van der Waals surface area contributed by atoms with Gasteiger partial charge in [0.15, 0.2) is 0 Å². The van der Waals surface area contributed by atoms with Crippen molar-refractivity contribution in [2.75, 3.05) is 18.5 Å². The van der Waals surface area contributed by atoms with Gasteiger partial charge in [-0.05, 0) is 46.8 Å². The Balaban J connectivity index is 1.80. The Morgan fingerprint density at radius 3 is 2.89 bits per heavy atom. The van der Waals surface area contributed by atoms with Gasteiger partial charge in [0.2, 0.25) is 5.91 Å². The molecule has 1 saturated carbocycles. The summed E-state index contributed by atoms with van der Waals surface area (Å²) < 4.78 is 0.873. The monoisotopic (exact) mass is 326 g/mol. The molecule has 4 nitrogen and oxygen atoms in total. The van der Waals surface area contributed by atoms with Gasteiger partial charge in [-0.2, -0.15) is 0 Å². The molecule has 0 bridgehead atoms. The number of nitrogens with one attached hydrogen (secondary N) is 2. The van der Waals surface area contributed by atoms with Crippen LogP contribution in [0.3, 0.4) is 0 Å². The van der Waals surface area contributed by atoms with Crippen LogP contribution >= 0.6 is 15.9 Å². The van der Waals surface area contributed by atoms with E-state index < -0.39 is 0 Å². The molecule has 5 heteroatoms. The second-order valence-corrected chi connectivity index (χ2v) is 5.74. The van der Waals surface area contributed by atoms with Gasteiger partial charge in [-0.1, -0.05) is 18.6 Å². The minimum atomic E-state index is -0.0597. The van der Waals surface area contributed by atoms with E-state index in [9.17, 15) is 9.90 Å². The van der Waals surface area contributed by atoms with E-state index in [1.54, 1.807) is 0 Å². The van der Waals surface area contributed by atoms with Crippen molar-refractivity contribution in [1.29, 1.82) is 0 Å². The average molecular weight is 327 g/mol. The fourth-order valence-corrected chi connectivity index (χ4v) is 2.89. The SMILES string of the molecule is O=C(CNC1CCCC1CO)Nc1ccccc1Br. The van der Waals surface area contributed by atoms with Gasteiger partial charge in [-0.3, -0.25) is 4.79 Å². The molecule has 1 aliphatic rings. The lowest BCUT2D eigenvalue weighted by atomic mass is 10.1. The van der Waals surface area contributed by atoms with E-state index in [0.29, 0.717) is 0 Å². The molecule has 3 N–H and O–H groups in total. The summed E-state index contributed by atoms with van der Waals surface area (Å²) in [6.45, 7) is 0.478. The number of carbonyl (C=O) groups is 1. The van der Waals surface area contributed by atoms with Crippen molar-refractivity contribution < 1.29 is 9.90 Å². The molecule has 1 aromatic carbocycles. The first-order valence-corrected chi connectivity index (χ1v) is 7.38. The molecule has 2 unspecified atom stereocenters. The summed E-state index contributed by atoms with van der Waals surface area (Å²) in [4.78, 5) is 11.9. The minimum absolute atomic E-state index is 0.0597. The summed E-state index contributed by atoms with van der Waals surface area (Å²) in [7, 11) is 0. The maximum atomic E-state index is 11.9. The number of rotatable bonds is 5. The Kier molecular flexibility index (Phi) is 5.36. The van der Waals surface area contributed by atoms with Gasteiger partial charge < -0.3 is 15.7 Å². The molecule has 1 aliphatic carbocycles. The molecule has 0 spiro atoms. The zero-order chi connectivity index (χ0) is 13.7. The Labute approximate surface area is 121 Å². The van der Waals surface area contributed by atoms with Crippen molar-refractivity contribution in [1.82, 2.24) is 5.32 Å². The number of para-hydroxylation sites is 1. The molecule has 2 atom stereocenters. The van der Waals surface area contributed by atoms with Gasteiger partial charge in [0.1, 0.15) is 0 Å². The number of carbonyl (C=O) groups excluding carboxylic acids is 1. The number of hydrogen-bond acceptors (Lipinski definition) is 3. The van der Waals surface area contributed by atoms with Crippen molar-refractivity contribution in [2.24, 2.45) is 5.92 Å². The van der Waals surface area contributed by atoms with Crippen molar-refractivity contribution in [2.45, 2.75) is 25.3 Å². The molecule has 1 aromatic rings. The summed E-state index contributed by atoms with van der Waals surface area (Å²) in [6, 6.07) is 7.79. The van der Waals surface area contributed by atoms with Gasteiger partial charge in [-0.25, -0.2) is 0 Å². The normalized spacial score (nSPS) is 22.4. The number of aliphatic hydroxyl groups excluding tert-OH is 1. The summed E-state index contributed by atoms with van der Waals surface area (Å²) in [5.41, 5.74) is 0.777. The molecule has 0 saturated heterocycles. The molecule has 1 fully saturated rings. The molecular formula is C14H19BrN2O2. The third-order valence-corrected chi connectivity index (χ3v) is 4.26. The first-order valence-electron chi connectivity index (χ1n) is 6.59. The van der Waals surface area contributed by atoms with Gasteiger partial charge in [0.05, 0.1) is 12.2 Å². The van der Waals surface area contributed by atoms with Crippen molar-refractivity contribution in [3.63, 3.8) is 0 Å². The number of benzene rings is 1. The van der Waals surface area contributed by atoms with Crippen LogP contribution < -0.4 is 10.6 Å². The van der Waals surface area contributed by atoms with E-state index in [2.05, 4.69) is 26.6 Å². The maximum Gasteiger partial charge on any atom is 0.238 e. The fourth-order valence-electron chi connectivity index (χ4n) is 2.50. The fraction of sp³-hybridized carbons (Fsp3) is 0.500. The third-order valence-electron chi connectivity index (χ3n) is 3.57. The van der Waals surface area contributed by atoms with E-state index in [1.807, 2.05) is 24.3 Å². The maximum absolute atomic E-state index is 11.9. The molecule has 2 rings (SSSR count). The molecule has 1 amide bonds. The Bertz CT molecular complexity index is 439. The van der Waals surface area contributed by atoms with Crippen LogP contribution in [0.4, 0.5) is 5.69 Å². The highest BCUT2D eigenvalue weighted by Gasteiger charge is 2.26. The Hall–Kier alpha value is -0.910. The molecule has 19 heavy (non-hydrogen) atoms. The van der Waals surface area contributed by atoms with Crippen LogP contribution in [-0.4, -0.2) is 30.2 Å². The molecular weight excluding hydrogens is 308 g/mol. The molecule has 0 aromatic heterocycles. The first-order chi connectivity index (χ1) is 9.20. The van der Waals surface area contributed by atoms with Crippen molar-refractivity contribution in [3.05, 3.63) is 28.7 Å². The standard InChI is InChI=1S/C14H19BrN2O2/c15-11-5-1-2-6-13(11)17-14(19)8-16-12-7-3-4-10(12)9-18/h1-2,5-6,10,12,16,18H,3-4,7-9H2,(H,17,19). The second-order valence-electron chi connectivity index (χ2n) is 4.89. The largest absolute Gasteiger partial charge is 0.396 e. The number of halogens is 1. The number of hydrogen-bond donors (Lipinski definition) is 3. The topological polar surface area (TPSA) is 61.4 Å². The van der Waals surface area contributed by atoms with E-state index in [0.717, 1.165) is 29.4 Å². The predicted molar refractivity (Wildman–Crippen MR) is 79.0 cm³/mol. The Morgan fingerprint density at radius 1 is 1.37 bits per heavy atom. The molecule has 0 aliphatic heterocycles. The van der Waals surface area contributed by atoms with E-state index in [1.165, 1.54) is 0 Å². The van der Waals surface area contributed by atoms with E-state index in [-0.39, 0.29) is 31.0 Å². The van der Waals surface area contributed by atoms with Crippen LogP contribution in [0.2, 0.25) is 0 Å². The van der Waals surface area contributed by atoms with Crippen LogP contribution in [0, 0.1) is 5.92 Å². The van der Waals surface area contributed by atoms with Crippen LogP contribution in [0.1, 0.15) is 19.3 Å². The molecule has 104 valence electrons. The highest BCUT2D eigenvalue weighted by molar-refractivity contribution is 9.10. The van der Waals surface area contributed by atoms with Gasteiger partial charge in [0, 0.05) is 17.1 Å². The number of anilines is 1. The summed E-state index contributed by atoms with van der Waals surface area (Å²) in [5.74, 6) is 0.228. The molecule has 0 radical (unpaired) electrons. The lowest BCUT2D eigenvalue weighted by Crippen LogP contribution is -2.39. The zero-order valence-electron chi connectivity index (χ0n) is 10.7. The lowest BCUT2D eigenvalue weighted by molar-refractivity contribution is -0.115. The summed E-state index contributed by atoms with van der Waals surface area (Å²) in [6.07, 6.45) is 3.20. The van der Waals surface area contributed by atoms with Gasteiger partial charge in [-0.15, -0.1) is 0 Å². The van der Waals surface area contributed by atoms with Gasteiger partial charge in [0.25, 0.3) is 0 Å². The second kappa shape index (κ2) is 7.03. The van der Waals surface area contributed by atoms with Crippen LogP contribution in [0.25, 0.3) is 0 Å². The summed E-state index contributed by atoms with van der Waals surface area (Å²) in [5, 5.41) is 15.3. The van der Waals surface area contributed by atoms with Crippen LogP contribution in [0.15, 0.2) is 28.7 Å². The van der Waals surface area contributed by atoms with Crippen LogP contribution in [-0.2, 0) is 4.79 Å². The highest BCUT2D eigenvalue weighted by Crippen LogP contribution is 2.25. The number of aliphatic hydroxyl groups is 1. The minimum Gasteiger partial charge on any atom is -0.396 e. The average Bonchev–Trinajstić information content (AvgIpc) is 2.86. The van der Waals surface area contributed by atoms with E-state index in [4.69, 9.17) is 0 Å². The Morgan fingerprint density at radius 2 is 2.16 bits per heavy atom. The summed E-state index contributed by atoms with van der Waals surface area (Å²) >= 11 is 3.39. The van der Waals surface area contributed by atoms with Crippen molar-refractivity contribution in [3.8, 4) is 0 Å². The van der Waals surface area contributed by atoms with Gasteiger partial charge >= 0.3 is 0 Å². The quantitative estimate of drug-likeness (QED) is 0.776. The highest BCUT2D eigenvalue weighted by atomic mass is 79.9. The first kappa shape index (κ1) is 14.5. The predicted octanol–water partition coefficient (Wildman–Crippen LogP) is 2.14. The van der Waals surface area contributed by atoms with E-state index >= 15 is 0 Å². The third kappa shape index (κ3) is 4.03. The van der Waals surface area contributed by atoms with Crippen LogP contribution in [0.5, 0.6) is 0 Å². The smallest absolute Gasteiger partial charge is 0.238 e. The van der Waals surface area contributed by atoms with Crippen molar-refractivity contribution >= 4 is 27.5 Å². The lowest BCUT2D eigenvalue weighted by Gasteiger charge is -2.18. The molecule has 0 heterocycles.